The molecule has 1 aromatic heterocycles. The van der Waals surface area contributed by atoms with Crippen molar-refractivity contribution in [3.8, 4) is 0 Å². The molecule has 0 bridgehead atoms. The average Bonchev–Trinajstić information content (AvgIpc) is 2.86. The zero-order valence-corrected chi connectivity index (χ0v) is 12.2. The highest BCUT2D eigenvalue weighted by molar-refractivity contribution is 7.92. The summed E-state index contributed by atoms with van der Waals surface area (Å²) in [5, 5.41) is -0.0432. The van der Waals surface area contributed by atoms with Crippen LogP contribution in [0, 0.1) is 5.82 Å². The number of rotatable bonds is 3. The summed E-state index contributed by atoms with van der Waals surface area (Å²) in [6.45, 7) is 0. The van der Waals surface area contributed by atoms with E-state index in [0.29, 0.717) is 24.0 Å². The Morgan fingerprint density at radius 3 is 2.86 bits per heavy atom. The Morgan fingerprint density at radius 1 is 1.38 bits per heavy atom. The number of furan rings is 1. The van der Waals surface area contributed by atoms with E-state index in [1.807, 2.05) is 0 Å². The second-order valence-corrected chi connectivity index (χ2v) is 7.69. The molecule has 0 amide bonds. The lowest BCUT2D eigenvalue weighted by molar-refractivity contribution is 0.389. The molecule has 1 aliphatic rings. The Labute approximate surface area is 122 Å². The molecule has 0 spiro atoms. The minimum atomic E-state index is -3.23. The van der Waals surface area contributed by atoms with E-state index in [-0.39, 0.29) is 11.3 Å². The van der Waals surface area contributed by atoms with Crippen molar-refractivity contribution in [1.82, 2.24) is 5.43 Å². The number of fused-ring (bicyclic) bond motifs is 1. The minimum Gasteiger partial charge on any atom is -0.456 e. The molecule has 5 nitrogen and oxygen atoms in total. The van der Waals surface area contributed by atoms with Gasteiger partial charge in [-0.2, -0.15) is 0 Å². The molecule has 0 aliphatic carbocycles. The third kappa shape index (κ3) is 2.56. The first kappa shape index (κ1) is 14.5. The molecule has 1 aliphatic heterocycles. The number of benzene rings is 1. The summed E-state index contributed by atoms with van der Waals surface area (Å²) < 4.78 is 43.7. The summed E-state index contributed by atoms with van der Waals surface area (Å²) in [6.07, 6.45) is 2.03. The lowest BCUT2D eigenvalue weighted by Gasteiger charge is -2.28. The van der Waals surface area contributed by atoms with Gasteiger partial charge in [0.25, 0.3) is 0 Å². The number of nitrogens with two attached hydrogens (primary N) is 1. The van der Waals surface area contributed by atoms with Gasteiger partial charge in [0.15, 0.2) is 21.2 Å². The Balaban J connectivity index is 2.03. The Hall–Kier alpha value is -1.44. The van der Waals surface area contributed by atoms with E-state index in [9.17, 15) is 12.8 Å². The van der Waals surface area contributed by atoms with E-state index in [2.05, 4.69) is 5.43 Å². The van der Waals surface area contributed by atoms with Crippen molar-refractivity contribution in [3.63, 3.8) is 0 Å². The fourth-order valence-corrected chi connectivity index (χ4v) is 4.99. The van der Waals surface area contributed by atoms with Crippen LogP contribution >= 0.6 is 0 Å². The third-order valence-corrected chi connectivity index (χ3v) is 6.29. The van der Waals surface area contributed by atoms with Gasteiger partial charge in [0.1, 0.15) is 5.76 Å². The van der Waals surface area contributed by atoms with Crippen molar-refractivity contribution in [1.29, 1.82) is 0 Å². The summed E-state index contributed by atoms with van der Waals surface area (Å²) in [7, 11) is -3.23. The van der Waals surface area contributed by atoms with E-state index < -0.39 is 26.9 Å². The van der Waals surface area contributed by atoms with E-state index in [1.54, 1.807) is 18.2 Å². The molecule has 2 heterocycles. The molecule has 21 heavy (non-hydrogen) atoms. The number of hydrogen-bond donors (Lipinski definition) is 2. The molecule has 114 valence electrons. The van der Waals surface area contributed by atoms with Crippen molar-refractivity contribution in [3.05, 3.63) is 35.8 Å². The lowest BCUT2D eigenvalue weighted by Crippen LogP contribution is -2.43. The fraction of sp³-hybridized carbons (Fsp3) is 0.429. The van der Waals surface area contributed by atoms with Gasteiger partial charge < -0.3 is 4.42 Å². The maximum absolute atomic E-state index is 13.7. The maximum atomic E-state index is 13.7. The van der Waals surface area contributed by atoms with Crippen molar-refractivity contribution in [2.45, 2.75) is 30.6 Å². The van der Waals surface area contributed by atoms with E-state index in [0.717, 1.165) is 6.42 Å². The van der Waals surface area contributed by atoms with Crippen LogP contribution in [0.5, 0.6) is 0 Å². The molecule has 1 saturated heterocycles. The number of para-hydroxylation sites is 1. The molecule has 0 saturated carbocycles. The Morgan fingerprint density at radius 2 is 2.19 bits per heavy atom. The molecule has 7 heteroatoms. The topological polar surface area (TPSA) is 85.3 Å². The average molecular weight is 312 g/mol. The van der Waals surface area contributed by atoms with Gasteiger partial charge in [0.05, 0.1) is 17.0 Å². The number of sulfone groups is 1. The van der Waals surface area contributed by atoms with Crippen LogP contribution in [0.1, 0.15) is 31.1 Å². The number of hydrazine groups is 1. The molecule has 2 aromatic rings. The van der Waals surface area contributed by atoms with Crippen molar-refractivity contribution < 1.29 is 17.2 Å². The van der Waals surface area contributed by atoms with E-state index in [1.165, 1.54) is 6.07 Å². The summed E-state index contributed by atoms with van der Waals surface area (Å²) in [6, 6.07) is 5.58. The first-order valence-corrected chi connectivity index (χ1v) is 8.60. The molecular formula is C14H17FN2O3S. The summed E-state index contributed by atoms with van der Waals surface area (Å²) in [4.78, 5) is 0. The van der Waals surface area contributed by atoms with Gasteiger partial charge in [-0.25, -0.2) is 18.2 Å². The number of nitrogens with one attached hydrogen (secondary N) is 1. The van der Waals surface area contributed by atoms with Gasteiger partial charge in [-0.15, -0.1) is 0 Å². The Kier molecular flexibility index (Phi) is 3.73. The predicted octanol–water partition coefficient (Wildman–Crippen LogP) is 2.04. The SMILES string of the molecule is NNC(c1cc2cccc(F)c2o1)C1CCCCS1(=O)=O. The second-order valence-electron chi connectivity index (χ2n) is 5.35. The fourth-order valence-electron chi connectivity index (χ4n) is 2.93. The van der Waals surface area contributed by atoms with Crippen LogP contribution in [0.25, 0.3) is 11.0 Å². The van der Waals surface area contributed by atoms with Gasteiger partial charge in [-0.05, 0) is 25.0 Å². The predicted molar refractivity (Wildman–Crippen MR) is 77.7 cm³/mol. The van der Waals surface area contributed by atoms with Gasteiger partial charge >= 0.3 is 0 Å². The second kappa shape index (κ2) is 5.40. The van der Waals surface area contributed by atoms with Crippen LogP contribution in [0.2, 0.25) is 0 Å². The van der Waals surface area contributed by atoms with Crippen molar-refractivity contribution in [2.75, 3.05) is 5.75 Å². The van der Waals surface area contributed by atoms with Gasteiger partial charge in [-0.3, -0.25) is 5.84 Å². The van der Waals surface area contributed by atoms with Crippen LogP contribution < -0.4 is 11.3 Å². The maximum Gasteiger partial charge on any atom is 0.169 e. The molecule has 2 atom stereocenters. The smallest absolute Gasteiger partial charge is 0.169 e. The molecule has 0 radical (unpaired) electrons. The van der Waals surface area contributed by atoms with Gasteiger partial charge in [0.2, 0.25) is 0 Å². The molecule has 3 N–H and O–H groups in total. The first-order valence-electron chi connectivity index (χ1n) is 6.88. The first-order chi connectivity index (χ1) is 10.0. The quantitative estimate of drug-likeness (QED) is 0.669. The zero-order valence-electron chi connectivity index (χ0n) is 11.4. The molecular weight excluding hydrogens is 295 g/mol. The molecule has 3 rings (SSSR count). The van der Waals surface area contributed by atoms with Crippen molar-refractivity contribution >= 4 is 20.8 Å². The number of halogens is 1. The van der Waals surface area contributed by atoms with Crippen LogP contribution in [0.15, 0.2) is 28.7 Å². The zero-order chi connectivity index (χ0) is 15.0. The third-order valence-electron chi connectivity index (χ3n) is 4.00. The highest BCUT2D eigenvalue weighted by Crippen LogP contribution is 2.33. The molecule has 1 aromatic carbocycles. The largest absolute Gasteiger partial charge is 0.456 e. The van der Waals surface area contributed by atoms with Gasteiger partial charge in [0, 0.05) is 5.39 Å². The summed E-state index contributed by atoms with van der Waals surface area (Å²) in [5.41, 5.74) is 2.65. The monoisotopic (exact) mass is 312 g/mol. The van der Waals surface area contributed by atoms with E-state index in [4.69, 9.17) is 10.3 Å². The Bertz CT molecular complexity index is 757. The lowest BCUT2D eigenvalue weighted by atomic mass is 10.1. The van der Waals surface area contributed by atoms with Crippen LogP contribution in [0.3, 0.4) is 0 Å². The van der Waals surface area contributed by atoms with E-state index >= 15 is 0 Å². The highest BCUT2D eigenvalue weighted by atomic mass is 32.2. The van der Waals surface area contributed by atoms with Crippen LogP contribution in [-0.2, 0) is 9.84 Å². The summed E-state index contributed by atoms with van der Waals surface area (Å²) in [5.74, 6) is 5.59. The number of hydrogen-bond acceptors (Lipinski definition) is 5. The van der Waals surface area contributed by atoms with Crippen LogP contribution in [-0.4, -0.2) is 19.4 Å². The summed E-state index contributed by atoms with van der Waals surface area (Å²) >= 11 is 0. The van der Waals surface area contributed by atoms with Gasteiger partial charge in [-0.1, -0.05) is 18.6 Å². The normalized spacial score (nSPS) is 23.2. The highest BCUT2D eigenvalue weighted by Gasteiger charge is 2.37. The standard InChI is InChI=1S/C14H17FN2O3S/c15-10-5-3-4-9-8-11(20-14(9)10)13(17-16)12-6-1-2-7-21(12,18)19/h3-5,8,12-13,17H,1-2,6-7,16H2. The minimum absolute atomic E-state index is 0.126. The molecule has 1 fully saturated rings. The van der Waals surface area contributed by atoms with Crippen LogP contribution in [0.4, 0.5) is 4.39 Å². The molecule has 2 unspecified atom stereocenters. The van der Waals surface area contributed by atoms with Crippen molar-refractivity contribution in [2.24, 2.45) is 5.84 Å².